The predicted octanol–water partition coefficient (Wildman–Crippen LogP) is 9.54. The molecule has 0 aliphatic carbocycles. The summed E-state index contributed by atoms with van der Waals surface area (Å²) in [6, 6.07) is 8.90. The van der Waals surface area contributed by atoms with E-state index in [9.17, 15) is 31.1 Å². The van der Waals surface area contributed by atoms with Crippen molar-refractivity contribution in [2.45, 2.75) is 124 Å². The highest BCUT2D eigenvalue weighted by molar-refractivity contribution is 6.74. The highest BCUT2D eigenvalue weighted by atomic mass is 28.4. The fourth-order valence-electron chi connectivity index (χ4n) is 3.75. The van der Waals surface area contributed by atoms with E-state index in [0.717, 1.165) is 15.8 Å². The van der Waals surface area contributed by atoms with Crippen LogP contribution in [-0.4, -0.2) is 91.8 Å². The van der Waals surface area contributed by atoms with Gasteiger partial charge in [0, 0.05) is 62.7 Å². The number of allylic oxidation sites excluding steroid dienone is 1. The first-order valence-electron chi connectivity index (χ1n) is 18.2. The van der Waals surface area contributed by atoms with E-state index in [-0.39, 0.29) is 29.9 Å². The summed E-state index contributed by atoms with van der Waals surface area (Å²) in [5.74, 6) is 4.25. The predicted molar refractivity (Wildman–Crippen MR) is 225 cm³/mol. The molecule has 0 fully saturated rings. The molecular formula is C39H67F6N7O4Si2. The van der Waals surface area contributed by atoms with Crippen molar-refractivity contribution in [1.82, 2.24) is 30.1 Å². The second kappa shape index (κ2) is 24.6. The summed E-state index contributed by atoms with van der Waals surface area (Å²) in [7, 11) is -0.0673. The van der Waals surface area contributed by atoms with E-state index in [1.807, 2.05) is 37.2 Å². The number of hydrogen-bond acceptors (Lipinski definition) is 10. The van der Waals surface area contributed by atoms with Gasteiger partial charge in [-0.2, -0.15) is 31.4 Å². The number of aromatic nitrogens is 4. The summed E-state index contributed by atoms with van der Waals surface area (Å²) in [6.45, 7) is 22.1. The van der Waals surface area contributed by atoms with Crippen LogP contribution in [0.15, 0.2) is 61.2 Å². The number of pyridine rings is 2. The maximum Gasteiger partial charge on any atom is 0.408 e. The molecule has 0 aromatic carbocycles. The van der Waals surface area contributed by atoms with Crippen molar-refractivity contribution in [3.63, 3.8) is 0 Å². The molecule has 0 saturated carbocycles. The minimum atomic E-state index is -4.34. The number of carbonyl (C=O) groups is 1. The van der Waals surface area contributed by atoms with Gasteiger partial charge < -0.3 is 18.9 Å². The fourth-order valence-corrected chi connectivity index (χ4v) is 5.65. The average molecular weight is 868 g/mol. The van der Waals surface area contributed by atoms with Crippen LogP contribution in [0.3, 0.4) is 0 Å². The molecule has 3 rings (SSSR count). The number of hydrazine groups is 1. The number of ketones is 1. The Morgan fingerprint density at radius 1 is 0.845 bits per heavy atom. The van der Waals surface area contributed by atoms with Gasteiger partial charge in [0.2, 0.25) is 5.78 Å². The lowest BCUT2D eigenvalue weighted by atomic mass is 10.1. The standard InChI is InChI=1S/C17H24F3N3OSi.C17H28N2O2Si.C2H5F3N2.C2H6O.CH4/c1-16(2,3)25(4,5)24-11-13-7-6-9-21-15(13)14-8-10-22-23(14)12-17(18,19)20;1-17(2,3)22(6,7)21-13-14-9-8-11-18-16(14)15(20)10-12-19(4)5;3-2(4,5)1-7-6;1-2-3;/h6-10H,11-12H2,1-5H3;8-12H,13H2,1-7H3;7H,1,6H2;3H,2H2,1H3;1H4/b;12-10+;;;. The molecule has 0 aliphatic heterocycles. The first kappa shape index (κ1) is 56.6. The molecule has 0 unspecified atom stereocenters. The van der Waals surface area contributed by atoms with E-state index in [1.165, 1.54) is 17.7 Å². The van der Waals surface area contributed by atoms with Crippen LogP contribution in [0.5, 0.6) is 0 Å². The van der Waals surface area contributed by atoms with Gasteiger partial charge in [0.1, 0.15) is 18.8 Å². The Bertz CT molecular complexity index is 1650. The van der Waals surface area contributed by atoms with Crippen molar-refractivity contribution in [2.75, 3.05) is 27.2 Å². The van der Waals surface area contributed by atoms with Gasteiger partial charge in [0.15, 0.2) is 16.6 Å². The van der Waals surface area contributed by atoms with Crippen LogP contribution in [-0.2, 0) is 28.6 Å². The largest absolute Gasteiger partial charge is 0.412 e. The van der Waals surface area contributed by atoms with Crippen LogP contribution in [0.4, 0.5) is 26.3 Å². The number of rotatable bonds is 12. The van der Waals surface area contributed by atoms with E-state index in [0.29, 0.717) is 30.3 Å². The minimum Gasteiger partial charge on any atom is -0.412 e. The molecule has 58 heavy (non-hydrogen) atoms. The lowest BCUT2D eigenvalue weighted by Crippen LogP contribution is -2.40. The number of nitrogens with zero attached hydrogens (tertiary/aromatic N) is 5. The molecule has 0 bridgehead atoms. The smallest absolute Gasteiger partial charge is 0.408 e. The Morgan fingerprint density at radius 2 is 1.31 bits per heavy atom. The van der Waals surface area contributed by atoms with Crippen LogP contribution in [0, 0.1) is 0 Å². The molecular weight excluding hydrogens is 801 g/mol. The minimum absolute atomic E-state index is 0. The van der Waals surface area contributed by atoms with E-state index >= 15 is 0 Å². The number of aliphatic hydroxyl groups excluding tert-OH is 1. The van der Waals surface area contributed by atoms with Crippen LogP contribution in [0.25, 0.3) is 11.4 Å². The van der Waals surface area contributed by atoms with E-state index in [4.69, 9.17) is 14.0 Å². The molecule has 3 heterocycles. The number of nitrogens with two attached hydrogens (primary N) is 1. The number of alkyl halides is 6. The topological polar surface area (TPSA) is 141 Å². The molecule has 0 atom stereocenters. The second-order valence-corrected chi connectivity index (χ2v) is 25.7. The zero-order valence-electron chi connectivity index (χ0n) is 35.6. The lowest BCUT2D eigenvalue weighted by Gasteiger charge is -2.36. The quantitative estimate of drug-likeness (QED) is 0.0403. The SMILES string of the molecule is C.CC(C)(C)[Si](C)(C)OCc1cccnc1-c1ccnn1CC(F)(F)F.CCO.CN(C)/C=C/C(=O)c1ncccc1CO[Si](C)(C)C(C)(C)C.NNCC(F)(F)F. The lowest BCUT2D eigenvalue weighted by molar-refractivity contribution is -0.142. The maximum absolute atomic E-state index is 12.8. The Labute approximate surface area is 343 Å². The molecule has 3 aromatic heterocycles. The molecule has 332 valence electrons. The van der Waals surface area contributed by atoms with Gasteiger partial charge in [-0.3, -0.25) is 30.7 Å². The highest BCUT2D eigenvalue weighted by Gasteiger charge is 2.38. The third-order valence-corrected chi connectivity index (χ3v) is 17.9. The van der Waals surface area contributed by atoms with Gasteiger partial charge in [-0.25, -0.2) is 0 Å². The molecule has 3 aromatic rings. The Hall–Kier alpha value is -3.47. The Kier molecular flexibility index (Phi) is 24.0. The van der Waals surface area contributed by atoms with Gasteiger partial charge in [0.05, 0.1) is 24.6 Å². The van der Waals surface area contributed by atoms with Gasteiger partial charge in [-0.1, -0.05) is 61.1 Å². The number of nitrogens with one attached hydrogen (secondary N) is 1. The molecule has 0 aliphatic rings. The Balaban J connectivity index is 0. The normalized spacial score (nSPS) is 12.3. The average Bonchev–Trinajstić information content (AvgIpc) is 3.51. The van der Waals surface area contributed by atoms with Crippen LogP contribution in [0.1, 0.15) is 77.5 Å². The first-order valence-corrected chi connectivity index (χ1v) is 24.0. The molecule has 4 N–H and O–H groups in total. The molecule has 0 radical (unpaired) electrons. The first-order chi connectivity index (χ1) is 25.9. The summed E-state index contributed by atoms with van der Waals surface area (Å²) in [6.07, 6.45) is -0.688. The molecule has 0 amide bonds. The van der Waals surface area contributed by atoms with Crippen molar-refractivity contribution in [3.8, 4) is 11.4 Å². The van der Waals surface area contributed by atoms with Gasteiger partial charge in [0.25, 0.3) is 0 Å². The zero-order valence-corrected chi connectivity index (χ0v) is 37.6. The third-order valence-electron chi connectivity index (χ3n) is 8.92. The van der Waals surface area contributed by atoms with Crippen molar-refractivity contribution in [3.05, 3.63) is 78.0 Å². The van der Waals surface area contributed by atoms with Gasteiger partial charge in [-0.05, 0) is 61.4 Å². The van der Waals surface area contributed by atoms with Gasteiger partial charge >= 0.3 is 12.4 Å². The monoisotopic (exact) mass is 867 g/mol. The summed E-state index contributed by atoms with van der Waals surface area (Å²) in [5, 5.41) is 11.6. The number of aliphatic hydroxyl groups is 1. The van der Waals surface area contributed by atoms with Crippen molar-refractivity contribution in [1.29, 1.82) is 0 Å². The molecule has 0 spiro atoms. The summed E-state index contributed by atoms with van der Waals surface area (Å²) < 4.78 is 84.3. The van der Waals surface area contributed by atoms with Crippen LogP contribution < -0.4 is 11.3 Å². The molecule has 19 heteroatoms. The van der Waals surface area contributed by atoms with E-state index in [1.54, 1.807) is 37.7 Å². The van der Waals surface area contributed by atoms with Crippen LogP contribution >= 0.6 is 0 Å². The summed E-state index contributed by atoms with van der Waals surface area (Å²) in [5.41, 5.74) is 4.38. The summed E-state index contributed by atoms with van der Waals surface area (Å²) >= 11 is 0. The Morgan fingerprint density at radius 3 is 1.72 bits per heavy atom. The highest BCUT2D eigenvalue weighted by Crippen LogP contribution is 2.38. The fraction of sp³-hybridized carbons (Fsp3) is 0.590. The number of carbonyl (C=O) groups excluding carboxylic acids is 1. The van der Waals surface area contributed by atoms with E-state index < -0.39 is 42.1 Å². The maximum atomic E-state index is 12.8. The third kappa shape index (κ3) is 21.5. The molecule has 0 saturated heterocycles. The van der Waals surface area contributed by atoms with Crippen molar-refractivity contribution < 1.29 is 45.1 Å². The molecule has 11 nitrogen and oxygen atoms in total. The number of hydrogen-bond donors (Lipinski definition) is 3. The van der Waals surface area contributed by atoms with E-state index in [2.05, 4.69) is 88.6 Å². The van der Waals surface area contributed by atoms with Gasteiger partial charge in [-0.15, -0.1) is 0 Å². The summed E-state index contributed by atoms with van der Waals surface area (Å²) in [4.78, 5) is 22.6. The van der Waals surface area contributed by atoms with Crippen LogP contribution in [0.2, 0.25) is 36.3 Å². The van der Waals surface area contributed by atoms with Crippen molar-refractivity contribution >= 4 is 22.4 Å². The second-order valence-electron chi connectivity index (χ2n) is 16.1. The zero-order chi connectivity index (χ0) is 44.5. The number of halogens is 6. The van der Waals surface area contributed by atoms with Crippen molar-refractivity contribution in [2.24, 2.45) is 5.84 Å².